The fourth-order valence-corrected chi connectivity index (χ4v) is 4.28. The SMILES string of the molecule is COc1ccc(NC(=O)c2nn3c(c2Cl)NC(c2ccc(Br)cc2)CC3C(F)(F)F)cc1OC. The van der Waals surface area contributed by atoms with Crippen molar-refractivity contribution in [2.24, 2.45) is 0 Å². The fourth-order valence-electron chi connectivity index (χ4n) is 3.75. The lowest BCUT2D eigenvalue weighted by Gasteiger charge is -2.33. The lowest BCUT2D eigenvalue weighted by Crippen LogP contribution is -2.35. The Morgan fingerprint density at radius 3 is 2.47 bits per heavy atom. The molecule has 7 nitrogen and oxygen atoms in total. The van der Waals surface area contributed by atoms with E-state index in [9.17, 15) is 18.0 Å². The van der Waals surface area contributed by atoms with Crippen molar-refractivity contribution in [1.82, 2.24) is 9.78 Å². The first kappa shape index (κ1) is 24.2. The highest BCUT2D eigenvalue weighted by Gasteiger charge is 2.47. The number of anilines is 2. The number of ether oxygens (including phenoxy) is 2. The summed E-state index contributed by atoms with van der Waals surface area (Å²) in [6.45, 7) is 0. The summed E-state index contributed by atoms with van der Waals surface area (Å²) >= 11 is 9.70. The number of nitrogens with one attached hydrogen (secondary N) is 2. The Kier molecular flexibility index (Phi) is 6.68. The van der Waals surface area contributed by atoms with Gasteiger partial charge in [0.05, 0.1) is 20.3 Å². The van der Waals surface area contributed by atoms with Crippen LogP contribution in [0.2, 0.25) is 5.02 Å². The third-order valence-corrected chi connectivity index (χ3v) is 6.31. The molecule has 2 heterocycles. The quantitative estimate of drug-likeness (QED) is 0.388. The summed E-state index contributed by atoms with van der Waals surface area (Å²) in [6, 6.07) is 8.95. The van der Waals surface area contributed by atoms with Gasteiger partial charge in [0.25, 0.3) is 5.91 Å². The van der Waals surface area contributed by atoms with Crippen LogP contribution in [0.5, 0.6) is 11.5 Å². The number of rotatable bonds is 5. The van der Waals surface area contributed by atoms with E-state index in [4.69, 9.17) is 21.1 Å². The zero-order valence-electron chi connectivity index (χ0n) is 17.9. The number of carbonyl (C=O) groups excluding carboxylic acids is 1. The van der Waals surface area contributed by atoms with E-state index in [1.165, 1.54) is 20.3 Å². The largest absolute Gasteiger partial charge is 0.493 e. The van der Waals surface area contributed by atoms with E-state index in [2.05, 4.69) is 31.7 Å². The van der Waals surface area contributed by atoms with Crippen LogP contribution in [0.25, 0.3) is 0 Å². The third-order valence-electron chi connectivity index (χ3n) is 5.42. The monoisotopic (exact) mass is 558 g/mol. The van der Waals surface area contributed by atoms with Gasteiger partial charge >= 0.3 is 6.18 Å². The van der Waals surface area contributed by atoms with E-state index in [1.54, 1.807) is 36.4 Å². The summed E-state index contributed by atoms with van der Waals surface area (Å²) in [4.78, 5) is 12.9. The summed E-state index contributed by atoms with van der Waals surface area (Å²) in [6.07, 6.45) is -4.91. The number of amides is 1. The lowest BCUT2D eigenvalue weighted by molar-refractivity contribution is -0.173. The highest BCUT2D eigenvalue weighted by molar-refractivity contribution is 9.10. The molecular formula is C22H19BrClF3N4O3. The minimum Gasteiger partial charge on any atom is -0.493 e. The number of halogens is 5. The summed E-state index contributed by atoms with van der Waals surface area (Å²) in [5.41, 5.74) is 0.653. The Hall–Kier alpha value is -2.92. The van der Waals surface area contributed by atoms with Crippen LogP contribution >= 0.6 is 27.5 Å². The fraction of sp³-hybridized carbons (Fsp3) is 0.273. The predicted molar refractivity (Wildman–Crippen MR) is 125 cm³/mol. The van der Waals surface area contributed by atoms with Gasteiger partial charge in [0.1, 0.15) is 10.8 Å². The summed E-state index contributed by atoms with van der Waals surface area (Å²) in [7, 11) is 2.91. The normalized spacial score (nSPS) is 17.5. The molecule has 1 amide bonds. The van der Waals surface area contributed by atoms with E-state index in [0.717, 1.165) is 9.15 Å². The van der Waals surface area contributed by atoms with E-state index < -0.39 is 24.2 Å². The van der Waals surface area contributed by atoms with Crippen molar-refractivity contribution in [3.8, 4) is 11.5 Å². The second-order valence-corrected chi connectivity index (χ2v) is 8.81. The molecule has 4 rings (SSSR count). The Balaban J connectivity index is 1.67. The van der Waals surface area contributed by atoms with Gasteiger partial charge < -0.3 is 20.1 Å². The molecule has 2 aromatic carbocycles. The number of alkyl halides is 3. The number of aromatic nitrogens is 2. The molecule has 1 aliphatic rings. The van der Waals surface area contributed by atoms with Gasteiger partial charge in [-0.2, -0.15) is 18.3 Å². The van der Waals surface area contributed by atoms with Crippen LogP contribution in [0.15, 0.2) is 46.9 Å². The Labute approximate surface area is 206 Å². The van der Waals surface area contributed by atoms with Crippen LogP contribution in [-0.4, -0.2) is 36.1 Å². The molecule has 0 spiro atoms. The molecule has 0 radical (unpaired) electrons. The molecule has 0 fully saturated rings. The number of nitrogens with zero attached hydrogens (tertiary/aromatic N) is 2. The number of benzene rings is 2. The average molecular weight is 560 g/mol. The summed E-state index contributed by atoms with van der Waals surface area (Å²) in [5.74, 6) is -0.0125. The van der Waals surface area contributed by atoms with Gasteiger partial charge in [-0.3, -0.25) is 4.79 Å². The lowest BCUT2D eigenvalue weighted by atomic mass is 9.97. The Morgan fingerprint density at radius 1 is 1.18 bits per heavy atom. The van der Waals surface area contributed by atoms with Gasteiger partial charge in [-0.15, -0.1) is 0 Å². The molecule has 1 aliphatic heterocycles. The maximum absolute atomic E-state index is 14.0. The Morgan fingerprint density at radius 2 is 1.85 bits per heavy atom. The molecule has 0 aliphatic carbocycles. The second-order valence-electron chi connectivity index (χ2n) is 7.52. The summed E-state index contributed by atoms with van der Waals surface area (Å²) < 4.78 is 53.8. The van der Waals surface area contributed by atoms with Crippen molar-refractivity contribution >= 4 is 44.9 Å². The maximum Gasteiger partial charge on any atom is 0.410 e. The third kappa shape index (κ3) is 4.67. The van der Waals surface area contributed by atoms with E-state index >= 15 is 0 Å². The van der Waals surface area contributed by atoms with E-state index in [-0.39, 0.29) is 23.0 Å². The molecule has 12 heteroatoms. The van der Waals surface area contributed by atoms with Crippen molar-refractivity contribution < 1.29 is 27.4 Å². The zero-order valence-corrected chi connectivity index (χ0v) is 20.3. The number of fused-ring (bicyclic) bond motifs is 1. The van der Waals surface area contributed by atoms with Crippen LogP contribution in [-0.2, 0) is 0 Å². The minimum absolute atomic E-state index is 0.0689. The van der Waals surface area contributed by atoms with Crippen molar-refractivity contribution in [2.45, 2.75) is 24.7 Å². The zero-order chi connectivity index (χ0) is 24.6. The van der Waals surface area contributed by atoms with Crippen molar-refractivity contribution in [1.29, 1.82) is 0 Å². The molecule has 1 aromatic heterocycles. The molecule has 0 saturated carbocycles. The topological polar surface area (TPSA) is 77.4 Å². The smallest absolute Gasteiger partial charge is 0.410 e. The van der Waals surface area contributed by atoms with E-state index in [1.807, 2.05) is 0 Å². The average Bonchev–Trinajstić information content (AvgIpc) is 3.14. The second kappa shape index (κ2) is 9.38. The number of hydrogen-bond acceptors (Lipinski definition) is 5. The molecule has 0 bridgehead atoms. The molecule has 2 N–H and O–H groups in total. The highest BCUT2D eigenvalue weighted by atomic mass is 79.9. The predicted octanol–water partition coefficient (Wildman–Crippen LogP) is 6.23. The van der Waals surface area contributed by atoms with Gasteiger partial charge in [0, 0.05) is 22.6 Å². The highest BCUT2D eigenvalue weighted by Crippen LogP contribution is 2.46. The van der Waals surface area contributed by atoms with Crippen molar-refractivity contribution in [3.63, 3.8) is 0 Å². The maximum atomic E-state index is 14.0. The Bertz CT molecular complexity index is 1220. The van der Waals surface area contributed by atoms with Gasteiger partial charge in [-0.1, -0.05) is 39.7 Å². The molecule has 180 valence electrons. The van der Waals surface area contributed by atoms with Crippen LogP contribution < -0.4 is 20.1 Å². The molecule has 2 unspecified atom stereocenters. The minimum atomic E-state index is -4.60. The first-order chi connectivity index (χ1) is 16.1. The van der Waals surface area contributed by atoms with Gasteiger partial charge in [0.15, 0.2) is 23.2 Å². The molecule has 2 atom stereocenters. The standard InChI is InChI=1S/C22H19BrClF3N4O3/c1-33-15-8-7-13(9-16(15)34-2)28-21(32)19-18(24)20-29-14(11-3-5-12(23)6-4-11)10-17(22(25,26)27)31(20)30-19/h3-9,14,17,29H,10H2,1-2H3,(H,28,32). The van der Waals surface area contributed by atoms with Crippen molar-refractivity contribution in [2.75, 3.05) is 24.9 Å². The molecule has 3 aromatic rings. The van der Waals surface area contributed by atoms with Crippen LogP contribution in [0.3, 0.4) is 0 Å². The van der Waals surface area contributed by atoms with Crippen LogP contribution in [0.4, 0.5) is 24.7 Å². The van der Waals surface area contributed by atoms with Crippen LogP contribution in [0, 0.1) is 0 Å². The van der Waals surface area contributed by atoms with Gasteiger partial charge in [0.2, 0.25) is 0 Å². The summed E-state index contributed by atoms with van der Waals surface area (Å²) in [5, 5.41) is 9.34. The first-order valence-electron chi connectivity index (χ1n) is 10.0. The van der Waals surface area contributed by atoms with Crippen LogP contribution in [0.1, 0.15) is 34.6 Å². The number of hydrogen-bond donors (Lipinski definition) is 2. The van der Waals surface area contributed by atoms with Gasteiger partial charge in [-0.05, 0) is 29.8 Å². The van der Waals surface area contributed by atoms with Gasteiger partial charge in [-0.25, -0.2) is 4.68 Å². The molecule has 0 saturated heterocycles. The first-order valence-corrected chi connectivity index (χ1v) is 11.2. The van der Waals surface area contributed by atoms with Crippen molar-refractivity contribution in [3.05, 3.63) is 63.2 Å². The molecular weight excluding hydrogens is 541 g/mol. The molecule has 34 heavy (non-hydrogen) atoms. The van der Waals surface area contributed by atoms with E-state index in [0.29, 0.717) is 22.7 Å². The number of methoxy groups -OCH3 is 2. The number of carbonyl (C=O) groups is 1.